The molecule has 134 valence electrons. The molecule has 25 heavy (non-hydrogen) atoms. The number of hydrogen-bond acceptors (Lipinski definition) is 2. The van der Waals surface area contributed by atoms with E-state index in [1.165, 1.54) is 12.1 Å². The Morgan fingerprint density at radius 1 is 0.920 bits per heavy atom. The third kappa shape index (κ3) is 4.23. The number of carboxylic acid groups (broad SMARTS) is 1. The van der Waals surface area contributed by atoms with Crippen LogP contribution < -0.4 is 4.74 Å². The molecule has 0 aliphatic heterocycles. The van der Waals surface area contributed by atoms with Gasteiger partial charge in [0.05, 0.1) is 5.56 Å². The summed E-state index contributed by atoms with van der Waals surface area (Å²) in [4.78, 5) is 11.1. The van der Waals surface area contributed by atoms with E-state index >= 15 is 0 Å². The standard InChI is InChI=1S/C16H10F6O3/c17-15(18,19)11-7-6-10(14(23)24)13(12(11)16(20,21)22)25-8-9-4-2-1-3-5-9/h1-7H,8H2,(H,23,24). The van der Waals surface area contributed by atoms with Crippen LogP contribution in [0.4, 0.5) is 26.3 Å². The molecule has 0 unspecified atom stereocenters. The van der Waals surface area contributed by atoms with Crippen molar-refractivity contribution in [2.75, 3.05) is 0 Å². The molecule has 2 aromatic carbocycles. The van der Waals surface area contributed by atoms with Crippen molar-refractivity contribution < 1.29 is 41.0 Å². The minimum absolute atomic E-state index is 0.0850. The van der Waals surface area contributed by atoms with Crippen LogP contribution >= 0.6 is 0 Å². The smallest absolute Gasteiger partial charge is 0.420 e. The molecule has 2 rings (SSSR count). The lowest BCUT2D eigenvalue weighted by Gasteiger charge is -2.21. The molecular formula is C16H10F6O3. The first-order valence-corrected chi connectivity index (χ1v) is 6.73. The van der Waals surface area contributed by atoms with Gasteiger partial charge in [0.2, 0.25) is 0 Å². The number of carbonyl (C=O) groups is 1. The van der Waals surface area contributed by atoms with Gasteiger partial charge in [-0.15, -0.1) is 0 Å². The van der Waals surface area contributed by atoms with Gasteiger partial charge in [0.15, 0.2) is 0 Å². The maximum atomic E-state index is 13.2. The van der Waals surface area contributed by atoms with Crippen molar-refractivity contribution in [3.8, 4) is 5.75 Å². The van der Waals surface area contributed by atoms with Gasteiger partial charge in [-0.25, -0.2) is 4.79 Å². The second-order valence-electron chi connectivity index (χ2n) is 4.94. The molecule has 0 saturated carbocycles. The van der Waals surface area contributed by atoms with Gasteiger partial charge in [0, 0.05) is 0 Å². The van der Waals surface area contributed by atoms with Crippen molar-refractivity contribution in [2.24, 2.45) is 0 Å². The third-order valence-corrected chi connectivity index (χ3v) is 3.20. The Bertz CT molecular complexity index is 766. The Balaban J connectivity index is 2.62. The highest BCUT2D eigenvalue weighted by Gasteiger charge is 2.47. The van der Waals surface area contributed by atoms with Crippen LogP contribution in [0.15, 0.2) is 42.5 Å². The Kier molecular flexibility index (Phi) is 4.96. The van der Waals surface area contributed by atoms with Gasteiger partial charge in [-0.05, 0) is 17.7 Å². The van der Waals surface area contributed by atoms with Crippen LogP contribution in [0.5, 0.6) is 5.75 Å². The zero-order valence-corrected chi connectivity index (χ0v) is 12.3. The van der Waals surface area contributed by atoms with Crippen LogP contribution in [0.3, 0.4) is 0 Å². The van der Waals surface area contributed by atoms with Crippen LogP contribution in [0.1, 0.15) is 27.0 Å². The number of benzene rings is 2. The van der Waals surface area contributed by atoms with Gasteiger partial charge in [-0.2, -0.15) is 26.3 Å². The molecule has 0 spiro atoms. The van der Waals surface area contributed by atoms with Crippen molar-refractivity contribution in [2.45, 2.75) is 19.0 Å². The van der Waals surface area contributed by atoms with Gasteiger partial charge in [-0.3, -0.25) is 0 Å². The number of ether oxygens (including phenoxy) is 1. The molecule has 0 saturated heterocycles. The summed E-state index contributed by atoms with van der Waals surface area (Å²) in [6.07, 6.45) is -10.8. The average Bonchev–Trinajstić information content (AvgIpc) is 2.51. The van der Waals surface area contributed by atoms with Crippen LogP contribution in [-0.4, -0.2) is 11.1 Å². The molecule has 0 fully saturated rings. The number of hydrogen-bond donors (Lipinski definition) is 1. The van der Waals surface area contributed by atoms with E-state index in [9.17, 15) is 31.1 Å². The third-order valence-electron chi connectivity index (χ3n) is 3.20. The van der Waals surface area contributed by atoms with E-state index in [-0.39, 0.29) is 6.07 Å². The lowest BCUT2D eigenvalue weighted by molar-refractivity contribution is -0.163. The van der Waals surface area contributed by atoms with E-state index in [0.29, 0.717) is 11.6 Å². The summed E-state index contributed by atoms with van der Waals surface area (Å²) in [7, 11) is 0. The Hall–Kier alpha value is -2.71. The van der Waals surface area contributed by atoms with Crippen molar-refractivity contribution in [1.29, 1.82) is 0 Å². The predicted molar refractivity (Wildman–Crippen MR) is 74.2 cm³/mol. The highest BCUT2D eigenvalue weighted by Crippen LogP contribution is 2.46. The van der Waals surface area contributed by atoms with E-state index in [4.69, 9.17) is 9.84 Å². The van der Waals surface area contributed by atoms with Crippen molar-refractivity contribution in [3.05, 3.63) is 64.7 Å². The molecule has 9 heteroatoms. The van der Waals surface area contributed by atoms with E-state index in [2.05, 4.69) is 0 Å². The van der Waals surface area contributed by atoms with E-state index < -0.39 is 47.4 Å². The molecule has 0 radical (unpaired) electrons. The maximum absolute atomic E-state index is 13.2. The van der Waals surface area contributed by atoms with E-state index in [0.717, 1.165) is 0 Å². The zero-order valence-electron chi connectivity index (χ0n) is 12.3. The summed E-state index contributed by atoms with van der Waals surface area (Å²) >= 11 is 0. The fraction of sp³-hybridized carbons (Fsp3) is 0.188. The first-order valence-electron chi connectivity index (χ1n) is 6.73. The molecule has 0 atom stereocenters. The van der Waals surface area contributed by atoms with Crippen LogP contribution in [-0.2, 0) is 19.0 Å². The minimum Gasteiger partial charge on any atom is -0.487 e. The van der Waals surface area contributed by atoms with Crippen molar-refractivity contribution in [3.63, 3.8) is 0 Å². The maximum Gasteiger partial charge on any atom is 0.420 e. The molecule has 0 aliphatic carbocycles. The second-order valence-corrected chi connectivity index (χ2v) is 4.94. The fourth-order valence-corrected chi connectivity index (χ4v) is 2.15. The second kappa shape index (κ2) is 6.66. The highest BCUT2D eigenvalue weighted by molar-refractivity contribution is 5.91. The molecule has 2 aromatic rings. The Labute approximate surface area is 137 Å². The predicted octanol–water partition coefficient (Wildman–Crippen LogP) is 5.00. The summed E-state index contributed by atoms with van der Waals surface area (Å²) in [5.41, 5.74) is -4.80. The molecule has 0 bridgehead atoms. The summed E-state index contributed by atoms with van der Waals surface area (Å²) < 4.78 is 83.4. The summed E-state index contributed by atoms with van der Waals surface area (Å²) in [6, 6.07) is 8.20. The Morgan fingerprint density at radius 2 is 1.52 bits per heavy atom. The summed E-state index contributed by atoms with van der Waals surface area (Å²) in [5.74, 6) is -3.19. The first-order chi connectivity index (χ1) is 11.5. The van der Waals surface area contributed by atoms with Gasteiger partial charge in [-0.1, -0.05) is 30.3 Å². The van der Waals surface area contributed by atoms with Crippen LogP contribution in [0.25, 0.3) is 0 Å². The molecule has 0 heterocycles. The number of alkyl halides is 6. The first kappa shape index (κ1) is 18.6. The SMILES string of the molecule is O=C(O)c1ccc(C(F)(F)F)c(C(F)(F)F)c1OCc1ccccc1. The largest absolute Gasteiger partial charge is 0.487 e. The number of aromatic carboxylic acids is 1. The van der Waals surface area contributed by atoms with E-state index in [1.807, 2.05) is 0 Å². The highest BCUT2D eigenvalue weighted by atomic mass is 19.4. The monoisotopic (exact) mass is 364 g/mol. The summed E-state index contributed by atoms with van der Waals surface area (Å²) in [5, 5.41) is 9.02. The van der Waals surface area contributed by atoms with Crippen LogP contribution in [0, 0.1) is 0 Å². The number of rotatable bonds is 4. The van der Waals surface area contributed by atoms with Gasteiger partial charge in [0.1, 0.15) is 23.5 Å². The topological polar surface area (TPSA) is 46.5 Å². The molecule has 0 amide bonds. The zero-order chi connectivity index (χ0) is 18.8. The lowest BCUT2D eigenvalue weighted by atomic mass is 10.0. The number of carboxylic acids is 1. The Morgan fingerprint density at radius 3 is 2.00 bits per heavy atom. The molecule has 0 aromatic heterocycles. The normalized spacial score (nSPS) is 12.1. The number of halogens is 6. The average molecular weight is 364 g/mol. The van der Waals surface area contributed by atoms with Gasteiger partial charge >= 0.3 is 18.3 Å². The van der Waals surface area contributed by atoms with Crippen molar-refractivity contribution in [1.82, 2.24) is 0 Å². The quantitative estimate of drug-likeness (QED) is 0.777. The minimum atomic E-state index is -5.46. The van der Waals surface area contributed by atoms with Crippen LogP contribution in [0.2, 0.25) is 0 Å². The van der Waals surface area contributed by atoms with E-state index in [1.54, 1.807) is 18.2 Å². The molecular weight excluding hydrogens is 354 g/mol. The van der Waals surface area contributed by atoms with Gasteiger partial charge < -0.3 is 9.84 Å². The molecule has 0 aliphatic rings. The summed E-state index contributed by atoms with van der Waals surface area (Å²) in [6.45, 7) is -0.522. The fourth-order valence-electron chi connectivity index (χ4n) is 2.15. The van der Waals surface area contributed by atoms with Crippen molar-refractivity contribution >= 4 is 5.97 Å². The molecule has 3 nitrogen and oxygen atoms in total. The van der Waals surface area contributed by atoms with Gasteiger partial charge in [0.25, 0.3) is 0 Å². The molecule has 1 N–H and O–H groups in total. The lowest BCUT2D eigenvalue weighted by Crippen LogP contribution is -2.20.